The Labute approximate surface area is 146 Å². The normalized spacial score (nSPS) is 9.92. The fourth-order valence-corrected chi connectivity index (χ4v) is 2.25. The molecule has 2 aromatic carbocycles. The van der Waals surface area contributed by atoms with Crippen LogP contribution in [0.4, 0.5) is 11.4 Å². The molecule has 2 rings (SSSR count). The van der Waals surface area contributed by atoms with Gasteiger partial charge in [0.05, 0.1) is 4.92 Å². The zero-order valence-corrected chi connectivity index (χ0v) is 14.4. The van der Waals surface area contributed by atoms with Crippen molar-refractivity contribution in [3.8, 4) is 0 Å². The molecule has 6 nitrogen and oxygen atoms in total. The molecule has 0 aliphatic heterocycles. The number of para-hydroxylation sites is 1. The molecule has 7 heteroatoms. The molecule has 0 heterocycles. The number of nitro benzene ring substituents is 1. The molecule has 0 unspecified atom stereocenters. The third kappa shape index (κ3) is 5.04. The smallest absolute Gasteiger partial charge is 0.270 e. The maximum absolute atomic E-state index is 12.4. The predicted octanol–water partition coefficient (Wildman–Crippen LogP) is 3.69. The lowest BCUT2D eigenvalue weighted by Gasteiger charge is -2.11. The van der Waals surface area contributed by atoms with E-state index in [9.17, 15) is 14.9 Å². The van der Waals surface area contributed by atoms with Crippen LogP contribution in [0.3, 0.4) is 0 Å². The minimum Gasteiger partial charge on any atom is -0.322 e. The van der Waals surface area contributed by atoms with E-state index in [1.165, 1.54) is 12.1 Å². The molecule has 1 amide bonds. The first-order valence-corrected chi connectivity index (χ1v) is 7.37. The second kappa shape index (κ2) is 9.00. The zero-order chi connectivity index (χ0) is 16.8. The average Bonchev–Trinajstić information content (AvgIpc) is 2.53. The van der Waals surface area contributed by atoms with Gasteiger partial charge in [0.2, 0.25) is 0 Å². The van der Waals surface area contributed by atoms with Gasteiger partial charge in [0.25, 0.3) is 11.6 Å². The summed E-state index contributed by atoms with van der Waals surface area (Å²) in [4.78, 5) is 22.8. The number of nitrogens with one attached hydrogen (secondary N) is 2. The first-order chi connectivity index (χ1) is 11.0. The fraction of sp³-hybridized carbons (Fsp3) is 0.235. The molecule has 0 atom stereocenters. The average molecular weight is 350 g/mol. The van der Waals surface area contributed by atoms with Crippen molar-refractivity contribution in [1.29, 1.82) is 0 Å². The number of rotatable bonds is 6. The van der Waals surface area contributed by atoms with Crippen molar-refractivity contribution >= 4 is 29.7 Å². The van der Waals surface area contributed by atoms with Gasteiger partial charge < -0.3 is 10.6 Å². The Morgan fingerprint density at radius 1 is 1.21 bits per heavy atom. The number of hydrogen-bond donors (Lipinski definition) is 2. The number of carbonyl (C=O) groups is 1. The summed E-state index contributed by atoms with van der Waals surface area (Å²) >= 11 is 0. The summed E-state index contributed by atoms with van der Waals surface area (Å²) in [5, 5.41) is 17.0. The number of amides is 1. The van der Waals surface area contributed by atoms with Crippen LogP contribution < -0.4 is 10.6 Å². The third-order valence-corrected chi connectivity index (χ3v) is 3.37. The van der Waals surface area contributed by atoms with E-state index in [-0.39, 0.29) is 29.6 Å². The number of non-ortho nitro benzene ring substituents is 1. The minimum atomic E-state index is -0.497. The molecule has 0 aliphatic rings. The summed E-state index contributed by atoms with van der Waals surface area (Å²) in [5.74, 6) is -0.360. The summed E-state index contributed by atoms with van der Waals surface area (Å²) in [6.45, 7) is 5.20. The van der Waals surface area contributed by atoms with Crippen LogP contribution in [-0.4, -0.2) is 17.4 Å². The summed E-state index contributed by atoms with van der Waals surface area (Å²) < 4.78 is 0. The molecule has 0 radical (unpaired) electrons. The molecule has 2 aromatic rings. The topological polar surface area (TPSA) is 84.3 Å². The second-order valence-corrected chi connectivity index (χ2v) is 5.21. The molecule has 0 saturated carbocycles. The van der Waals surface area contributed by atoms with Crippen LogP contribution in [0, 0.1) is 17.0 Å². The second-order valence-electron chi connectivity index (χ2n) is 5.21. The van der Waals surface area contributed by atoms with Crippen molar-refractivity contribution in [2.75, 3.05) is 11.9 Å². The number of benzene rings is 2. The highest BCUT2D eigenvalue weighted by Crippen LogP contribution is 2.20. The highest BCUT2D eigenvalue weighted by atomic mass is 35.5. The number of hydrogen-bond acceptors (Lipinski definition) is 4. The summed E-state index contributed by atoms with van der Waals surface area (Å²) in [6.07, 6.45) is 0. The lowest BCUT2D eigenvalue weighted by molar-refractivity contribution is -0.384. The number of halogens is 1. The van der Waals surface area contributed by atoms with Crippen LogP contribution >= 0.6 is 12.4 Å². The Hall–Kier alpha value is -2.44. The van der Waals surface area contributed by atoms with Crippen LogP contribution in [0.5, 0.6) is 0 Å². The van der Waals surface area contributed by atoms with Crippen molar-refractivity contribution < 1.29 is 9.72 Å². The first kappa shape index (κ1) is 19.6. The molecule has 24 heavy (non-hydrogen) atoms. The van der Waals surface area contributed by atoms with E-state index in [1.54, 1.807) is 13.0 Å². The molecule has 0 spiro atoms. The Kier molecular flexibility index (Phi) is 7.35. The molecular formula is C17H20ClN3O3. The monoisotopic (exact) mass is 349 g/mol. The van der Waals surface area contributed by atoms with E-state index < -0.39 is 4.92 Å². The summed E-state index contributed by atoms with van der Waals surface area (Å²) in [7, 11) is 0. The van der Waals surface area contributed by atoms with Gasteiger partial charge in [-0.3, -0.25) is 14.9 Å². The van der Waals surface area contributed by atoms with Gasteiger partial charge in [0.15, 0.2) is 0 Å². The minimum absolute atomic E-state index is 0. The van der Waals surface area contributed by atoms with Gasteiger partial charge in [-0.1, -0.05) is 25.1 Å². The maximum Gasteiger partial charge on any atom is 0.270 e. The van der Waals surface area contributed by atoms with Gasteiger partial charge in [-0.15, -0.1) is 12.4 Å². The number of anilines is 1. The molecule has 0 fully saturated rings. The molecule has 0 aromatic heterocycles. The highest BCUT2D eigenvalue weighted by molar-refractivity contribution is 6.05. The van der Waals surface area contributed by atoms with Crippen molar-refractivity contribution in [3.63, 3.8) is 0 Å². The van der Waals surface area contributed by atoms with Crippen molar-refractivity contribution in [3.05, 3.63) is 69.3 Å². The number of carbonyl (C=O) groups excluding carboxylic acids is 1. The van der Waals surface area contributed by atoms with Gasteiger partial charge in [0, 0.05) is 29.9 Å². The Bertz CT molecular complexity index is 735. The van der Waals surface area contributed by atoms with Gasteiger partial charge in [-0.2, -0.15) is 0 Å². The largest absolute Gasteiger partial charge is 0.322 e. The SMILES string of the molecule is CCNCc1ccccc1NC(=O)c1cc(C)cc([N+](=O)[O-])c1.Cl. The zero-order valence-electron chi connectivity index (χ0n) is 13.5. The third-order valence-electron chi connectivity index (χ3n) is 3.37. The number of nitro groups is 1. The first-order valence-electron chi connectivity index (χ1n) is 7.37. The Morgan fingerprint density at radius 2 is 1.92 bits per heavy atom. The summed E-state index contributed by atoms with van der Waals surface area (Å²) in [5.41, 5.74) is 2.52. The van der Waals surface area contributed by atoms with Gasteiger partial charge in [-0.25, -0.2) is 0 Å². The van der Waals surface area contributed by atoms with Crippen molar-refractivity contribution in [2.24, 2.45) is 0 Å². The maximum atomic E-state index is 12.4. The van der Waals surface area contributed by atoms with Gasteiger partial charge >= 0.3 is 0 Å². The van der Waals surface area contributed by atoms with Gasteiger partial charge in [-0.05, 0) is 36.7 Å². The van der Waals surface area contributed by atoms with Crippen molar-refractivity contribution in [1.82, 2.24) is 5.32 Å². The molecule has 128 valence electrons. The number of aryl methyl sites for hydroxylation is 1. The number of nitrogens with zero attached hydrogens (tertiary/aromatic N) is 1. The fourth-order valence-electron chi connectivity index (χ4n) is 2.25. The van der Waals surface area contributed by atoms with Crippen LogP contribution in [0.15, 0.2) is 42.5 Å². The molecule has 0 saturated heterocycles. The summed E-state index contributed by atoms with van der Waals surface area (Å²) in [6, 6.07) is 11.8. The molecule has 0 bridgehead atoms. The Morgan fingerprint density at radius 3 is 2.58 bits per heavy atom. The standard InChI is InChI=1S/C17H19N3O3.ClH/c1-3-18-11-13-6-4-5-7-16(13)19-17(21)14-8-12(2)9-15(10-14)20(22)23;/h4-10,18H,3,11H2,1-2H3,(H,19,21);1H. The van der Waals surface area contributed by atoms with E-state index in [1.807, 2.05) is 31.2 Å². The van der Waals surface area contributed by atoms with Crippen molar-refractivity contribution in [2.45, 2.75) is 20.4 Å². The molecule has 2 N–H and O–H groups in total. The van der Waals surface area contributed by atoms with E-state index in [0.29, 0.717) is 17.8 Å². The lowest BCUT2D eigenvalue weighted by atomic mass is 10.1. The van der Waals surface area contributed by atoms with Crippen LogP contribution in [0.1, 0.15) is 28.4 Å². The van der Waals surface area contributed by atoms with Crippen LogP contribution in [-0.2, 0) is 6.54 Å². The molecule has 0 aliphatic carbocycles. The Balaban J connectivity index is 0.00000288. The highest BCUT2D eigenvalue weighted by Gasteiger charge is 2.14. The lowest BCUT2D eigenvalue weighted by Crippen LogP contribution is -2.17. The van der Waals surface area contributed by atoms with E-state index in [4.69, 9.17) is 0 Å². The van der Waals surface area contributed by atoms with E-state index in [2.05, 4.69) is 10.6 Å². The van der Waals surface area contributed by atoms with E-state index in [0.717, 1.165) is 12.1 Å². The van der Waals surface area contributed by atoms with Crippen LogP contribution in [0.25, 0.3) is 0 Å². The van der Waals surface area contributed by atoms with Crippen LogP contribution in [0.2, 0.25) is 0 Å². The van der Waals surface area contributed by atoms with E-state index >= 15 is 0 Å². The molecular weight excluding hydrogens is 330 g/mol. The predicted molar refractivity (Wildman–Crippen MR) is 96.9 cm³/mol. The van der Waals surface area contributed by atoms with Gasteiger partial charge in [0.1, 0.15) is 0 Å². The quantitative estimate of drug-likeness (QED) is 0.615.